The molecule has 2 amide bonds. The number of hydrogen-bond acceptors (Lipinski definition) is 4. The SMILES string of the molecule is CCCC(=O)NS(=O)(=O)CCCC(=O)NC. The van der Waals surface area contributed by atoms with Gasteiger partial charge in [-0.15, -0.1) is 0 Å². The fraction of sp³-hybridized carbons (Fsp3) is 0.778. The third-order valence-corrected chi connectivity index (χ3v) is 3.21. The van der Waals surface area contributed by atoms with Crippen molar-refractivity contribution in [2.45, 2.75) is 32.6 Å². The first-order valence-corrected chi connectivity index (χ1v) is 6.80. The highest BCUT2D eigenvalue weighted by atomic mass is 32.2. The lowest BCUT2D eigenvalue weighted by atomic mass is 10.3. The van der Waals surface area contributed by atoms with Gasteiger partial charge in [0.15, 0.2) is 0 Å². The zero-order valence-electron chi connectivity index (χ0n) is 9.58. The average Bonchev–Trinajstić information content (AvgIpc) is 2.16. The van der Waals surface area contributed by atoms with E-state index in [0.29, 0.717) is 6.42 Å². The fourth-order valence-electron chi connectivity index (χ4n) is 1.05. The molecule has 0 saturated heterocycles. The maximum Gasteiger partial charge on any atom is 0.234 e. The lowest BCUT2D eigenvalue weighted by Gasteiger charge is -2.05. The molecule has 0 radical (unpaired) electrons. The third kappa shape index (κ3) is 7.22. The summed E-state index contributed by atoms with van der Waals surface area (Å²) in [5.74, 6) is -0.923. The van der Waals surface area contributed by atoms with Crippen LogP contribution in [0.15, 0.2) is 0 Å². The van der Waals surface area contributed by atoms with Gasteiger partial charge in [0.25, 0.3) is 0 Å². The number of sulfonamides is 1. The van der Waals surface area contributed by atoms with Gasteiger partial charge in [-0.25, -0.2) is 8.42 Å². The Morgan fingerprint density at radius 3 is 2.25 bits per heavy atom. The number of nitrogens with one attached hydrogen (secondary N) is 2. The molecular weight excluding hydrogens is 232 g/mol. The van der Waals surface area contributed by atoms with Crippen LogP contribution in [0.5, 0.6) is 0 Å². The van der Waals surface area contributed by atoms with E-state index < -0.39 is 15.9 Å². The van der Waals surface area contributed by atoms with E-state index in [4.69, 9.17) is 0 Å². The van der Waals surface area contributed by atoms with Crippen LogP contribution >= 0.6 is 0 Å². The largest absolute Gasteiger partial charge is 0.359 e. The summed E-state index contributed by atoms with van der Waals surface area (Å²) in [5.41, 5.74) is 0. The number of amides is 2. The van der Waals surface area contributed by atoms with Gasteiger partial charge >= 0.3 is 0 Å². The first-order valence-electron chi connectivity index (χ1n) is 5.15. The predicted octanol–water partition coefficient (Wildman–Crippen LogP) is -0.241. The minimum absolute atomic E-state index is 0.138. The van der Waals surface area contributed by atoms with Gasteiger partial charge in [0.1, 0.15) is 0 Å². The summed E-state index contributed by atoms with van der Waals surface area (Å²) in [7, 11) is -2.10. The lowest BCUT2D eigenvalue weighted by molar-refractivity contribution is -0.120. The Bertz CT molecular complexity index is 337. The van der Waals surface area contributed by atoms with Crippen LogP contribution in [-0.2, 0) is 19.6 Å². The van der Waals surface area contributed by atoms with Gasteiger partial charge in [0.2, 0.25) is 21.8 Å². The molecule has 0 aromatic heterocycles. The van der Waals surface area contributed by atoms with Gasteiger partial charge in [-0.1, -0.05) is 6.92 Å². The smallest absolute Gasteiger partial charge is 0.234 e. The van der Waals surface area contributed by atoms with Crippen molar-refractivity contribution in [2.75, 3.05) is 12.8 Å². The third-order valence-electron chi connectivity index (χ3n) is 1.84. The maximum absolute atomic E-state index is 11.3. The lowest BCUT2D eigenvalue weighted by Crippen LogP contribution is -2.32. The van der Waals surface area contributed by atoms with Crippen molar-refractivity contribution in [1.29, 1.82) is 0 Å². The number of carbonyl (C=O) groups is 2. The van der Waals surface area contributed by atoms with Crippen LogP contribution in [0.1, 0.15) is 32.6 Å². The van der Waals surface area contributed by atoms with Gasteiger partial charge in [0.05, 0.1) is 5.75 Å². The monoisotopic (exact) mass is 250 g/mol. The van der Waals surface area contributed by atoms with Crippen LogP contribution in [0.4, 0.5) is 0 Å². The van der Waals surface area contributed by atoms with Crippen LogP contribution in [0, 0.1) is 0 Å². The summed E-state index contributed by atoms with van der Waals surface area (Å²) in [6, 6.07) is 0. The van der Waals surface area contributed by atoms with Gasteiger partial charge < -0.3 is 5.32 Å². The quantitative estimate of drug-likeness (QED) is 0.652. The van der Waals surface area contributed by atoms with Crippen molar-refractivity contribution in [3.05, 3.63) is 0 Å². The molecule has 0 saturated carbocycles. The van der Waals surface area contributed by atoms with Gasteiger partial charge in [-0.05, 0) is 12.8 Å². The number of hydrogen-bond donors (Lipinski definition) is 2. The van der Waals surface area contributed by atoms with Crippen LogP contribution < -0.4 is 10.0 Å². The Balaban J connectivity index is 3.97. The number of rotatable bonds is 7. The second kappa shape index (κ2) is 7.21. The Hall–Kier alpha value is -1.11. The molecule has 0 fully saturated rings. The molecule has 0 aliphatic heterocycles. The van der Waals surface area contributed by atoms with Gasteiger partial charge in [0, 0.05) is 19.9 Å². The van der Waals surface area contributed by atoms with E-state index in [1.165, 1.54) is 7.05 Å². The first-order chi connectivity index (χ1) is 7.41. The van der Waals surface area contributed by atoms with Gasteiger partial charge in [-0.3, -0.25) is 14.3 Å². The van der Waals surface area contributed by atoms with Crippen LogP contribution in [-0.4, -0.2) is 33.0 Å². The molecule has 0 bridgehead atoms. The van der Waals surface area contributed by atoms with Crippen molar-refractivity contribution in [3.8, 4) is 0 Å². The normalized spacial score (nSPS) is 10.9. The molecule has 0 heterocycles. The highest BCUT2D eigenvalue weighted by Crippen LogP contribution is 1.96. The molecular formula is C9H18N2O4S. The van der Waals surface area contributed by atoms with E-state index in [9.17, 15) is 18.0 Å². The molecule has 2 N–H and O–H groups in total. The second-order valence-corrected chi connectivity index (χ2v) is 5.21. The van der Waals surface area contributed by atoms with E-state index >= 15 is 0 Å². The summed E-state index contributed by atoms with van der Waals surface area (Å²) < 4.78 is 24.6. The molecule has 0 aliphatic carbocycles. The Kier molecular flexibility index (Phi) is 6.71. The van der Waals surface area contributed by atoms with Crippen molar-refractivity contribution in [1.82, 2.24) is 10.0 Å². The van der Waals surface area contributed by atoms with E-state index in [1.54, 1.807) is 6.92 Å². The maximum atomic E-state index is 11.3. The molecule has 0 aliphatic rings. The summed E-state index contributed by atoms with van der Waals surface area (Å²) in [5, 5.41) is 2.39. The topological polar surface area (TPSA) is 92.3 Å². The summed E-state index contributed by atoms with van der Waals surface area (Å²) in [4.78, 5) is 21.9. The minimum Gasteiger partial charge on any atom is -0.359 e. The zero-order chi connectivity index (χ0) is 12.6. The molecule has 0 unspecified atom stereocenters. The Morgan fingerprint density at radius 1 is 1.12 bits per heavy atom. The van der Waals surface area contributed by atoms with Crippen molar-refractivity contribution < 1.29 is 18.0 Å². The minimum atomic E-state index is -3.59. The van der Waals surface area contributed by atoms with Crippen molar-refractivity contribution >= 4 is 21.8 Å². The molecule has 94 valence electrons. The highest BCUT2D eigenvalue weighted by Gasteiger charge is 2.14. The summed E-state index contributed by atoms with van der Waals surface area (Å²) in [6.45, 7) is 1.79. The van der Waals surface area contributed by atoms with Gasteiger partial charge in [-0.2, -0.15) is 0 Å². The van der Waals surface area contributed by atoms with Crippen molar-refractivity contribution in [2.24, 2.45) is 0 Å². The second-order valence-electron chi connectivity index (χ2n) is 3.37. The molecule has 0 aromatic carbocycles. The molecule has 0 atom stereocenters. The van der Waals surface area contributed by atoms with Crippen LogP contribution in [0.2, 0.25) is 0 Å². The molecule has 16 heavy (non-hydrogen) atoms. The molecule has 0 spiro atoms. The Labute approximate surface area is 95.8 Å². The van der Waals surface area contributed by atoms with Crippen molar-refractivity contribution in [3.63, 3.8) is 0 Å². The molecule has 0 aromatic rings. The Morgan fingerprint density at radius 2 is 1.75 bits per heavy atom. The van der Waals surface area contributed by atoms with E-state index in [2.05, 4.69) is 5.32 Å². The van der Waals surface area contributed by atoms with Crippen LogP contribution in [0.3, 0.4) is 0 Å². The van der Waals surface area contributed by atoms with E-state index in [1.807, 2.05) is 4.72 Å². The standard InChI is InChI=1S/C9H18N2O4S/c1-3-5-9(13)11-16(14,15)7-4-6-8(12)10-2/h3-7H2,1-2H3,(H,10,12)(H,11,13). The summed E-state index contributed by atoms with van der Waals surface area (Å²) in [6.07, 6.45) is 1.13. The molecule has 6 nitrogen and oxygen atoms in total. The molecule has 7 heteroatoms. The average molecular weight is 250 g/mol. The van der Waals surface area contributed by atoms with E-state index in [0.717, 1.165) is 0 Å². The first kappa shape index (κ1) is 14.9. The summed E-state index contributed by atoms with van der Waals surface area (Å²) >= 11 is 0. The van der Waals surface area contributed by atoms with E-state index in [-0.39, 0.29) is 30.9 Å². The predicted molar refractivity (Wildman–Crippen MR) is 60.1 cm³/mol. The molecule has 0 rings (SSSR count). The number of carbonyl (C=O) groups excluding carboxylic acids is 2. The highest BCUT2D eigenvalue weighted by molar-refractivity contribution is 7.90. The van der Waals surface area contributed by atoms with Crippen LogP contribution in [0.25, 0.3) is 0 Å². The zero-order valence-corrected chi connectivity index (χ0v) is 10.4. The fourth-order valence-corrected chi connectivity index (χ4v) is 2.13.